The molecule has 6 heteroatoms. The zero-order chi connectivity index (χ0) is 16.9. The molecule has 1 heterocycles. The van der Waals surface area contributed by atoms with Crippen molar-refractivity contribution in [2.75, 3.05) is 31.1 Å². The van der Waals surface area contributed by atoms with Crippen molar-refractivity contribution in [3.8, 4) is 0 Å². The van der Waals surface area contributed by atoms with Crippen molar-refractivity contribution in [1.29, 1.82) is 0 Å². The number of benzene rings is 2. The van der Waals surface area contributed by atoms with Gasteiger partial charge in [-0.1, -0.05) is 34.9 Å². The molecule has 0 radical (unpaired) electrons. The van der Waals surface area contributed by atoms with E-state index in [1.165, 1.54) is 0 Å². The summed E-state index contributed by atoms with van der Waals surface area (Å²) < 4.78 is 0. The van der Waals surface area contributed by atoms with Crippen LogP contribution >= 0.6 is 0 Å². The summed E-state index contributed by atoms with van der Waals surface area (Å²) in [6, 6.07) is 15.2. The minimum atomic E-state index is 0.0911. The minimum absolute atomic E-state index is 0.0911. The van der Waals surface area contributed by atoms with Crippen LogP contribution < -0.4 is 4.90 Å². The molecule has 122 valence electrons. The van der Waals surface area contributed by atoms with Crippen LogP contribution in [0.2, 0.25) is 0 Å². The van der Waals surface area contributed by atoms with E-state index in [0.29, 0.717) is 18.8 Å². The second kappa shape index (κ2) is 7.06. The molecule has 24 heavy (non-hydrogen) atoms. The zero-order valence-corrected chi connectivity index (χ0v) is 13.6. The maximum absolute atomic E-state index is 12.5. The van der Waals surface area contributed by atoms with Crippen LogP contribution in [0.1, 0.15) is 15.9 Å². The Hall–Kier alpha value is -2.98. The highest BCUT2D eigenvalue weighted by atomic mass is 16.2. The van der Waals surface area contributed by atoms with E-state index in [1.54, 1.807) is 12.1 Å². The number of hydrogen-bond donors (Lipinski definition) is 0. The quantitative estimate of drug-likeness (QED) is 0.488. The molecule has 1 amide bonds. The highest BCUT2D eigenvalue weighted by molar-refractivity contribution is 5.94. The number of amides is 1. The number of anilines is 1. The van der Waals surface area contributed by atoms with Gasteiger partial charge in [0.05, 0.1) is 0 Å². The Balaban J connectivity index is 1.61. The largest absolute Gasteiger partial charge is 0.368 e. The third-order valence-corrected chi connectivity index (χ3v) is 4.24. The Morgan fingerprint density at radius 1 is 1.00 bits per heavy atom. The van der Waals surface area contributed by atoms with E-state index in [0.717, 1.165) is 29.9 Å². The lowest BCUT2D eigenvalue weighted by Crippen LogP contribution is -2.48. The van der Waals surface area contributed by atoms with E-state index < -0.39 is 0 Å². The highest BCUT2D eigenvalue weighted by Crippen LogP contribution is 2.21. The Morgan fingerprint density at radius 3 is 2.21 bits per heavy atom. The summed E-state index contributed by atoms with van der Waals surface area (Å²) in [6.45, 7) is 4.99. The first kappa shape index (κ1) is 15.9. The van der Waals surface area contributed by atoms with Gasteiger partial charge in [-0.15, -0.1) is 0 Å². The van der Waals surface area contributed by atoms with E-state index >= 15 is 0 Å². The molecular weight excluding hydrogens is 302 g/mol. The standard InChI is InChI=1S/C18H19N5O/c1-14-2-4-15(5-3-14)18(24)23-12-10-22(11-13-23)17-8-6-16(7-9-17)20-21-19/h2-9H,10-13H2,1H3. The number of hydrogen-bond acceptors (Lipinski definition) is 3. The molecule has 0 unspecified atom stereocenters. The smallest absolute Gasteiger partial charge is 0.253 e. The van der Waals surface area contributed by atoms with Gasteiger partial charge in [-0.05, 0) is 36.7 Å². The number of piperazine rings is 1. The number of carbonyl (C=O) groups excluding carboxylic acids is 1. The van der Waals surface area contributed by atoms with Crippen molar-refractivity contribution in [2.24, 2.45) is 5.11 Å². The van der Waals surface area contributed by atoms with Crippen LogP contribution in [-0.2, 0) is 0 Å². The summed E-state index contributed by atoms with van der Waals surface area (Å²) >= 11 is 0. The van der Waals surface area contributed by atoms with Gasteiger partial charge in [0, 0.05) is 48.0 Å². The SMILES string of the molecule is Cc1ccc(C(=O)N2CCN(c3ccc(N=[N+]=[N-])cc3)CC2)cc1. The minimum Gasteiger partial charge on any atom is -0.368 e. The summed E-state index contributed by atoms with van der Waals surface area (Å²) in [5.74, 6) is 0.0911. The molecule has 0 atom stereocenters. The van der Waals surface area contributed by atoms with Crippen LogP contribution in [-0.4, -0.2) is 37.0 Å². The zero-order valence-electron chi connectivity index (χ0n) is 13.6. The van der Waals surface area contributed by atoms with Gasteiger partial charge in [-0.25, -0.2) is 0 Å². The topological polar surface area (TPSA) is 72.3 Å². The van der Waals surface area contributed by atoms with Gasteiger partial charge in [0.25, 0.3) is 5.91 Å². The second-order valence-corrected chi connectivity index (χ2v) is 5.85. The number of carbonyl (C=O) groups is 1. The van der Waals surface area contributed by atoms with E-state index in [9.17, 15) is 4.79 Å². The monoisotopic (exact) mass is 321 g/mol. The number of nitrogens with zero attached hydrogens (tertiary/aromatic N) is 5. The summed E-state index contributed by atoms with van der Waals surface area (Å²) in [4.78, 5) is 19.4. The molecule has 0 spiro atoms. The summed E-state index contributed by atoms with van der Waals surface area (Å²) in [7, 11) is 0. The van der Waals surface area contributed by atoms with Crippen LogP contribution in [0, 0.1) is 6.92 Å². The first-order valence-corrected chi connectivity index (χ1v) is 7.93. The van der Waals surface area contributed by atoms with Crippen LogP contribution in [0.15, 0.2) is 53.6 Å². The van der Waals surface area contributed by atoms with Gasteiger partial charge >= 0.3 is 0 Å². The Morgan fingerprint density at radius 2 is 1.62 bits per heavy atom. The lowest BCUT2D eigenvalue weighted by atomic mass is 10.1. The van der Waals surface area contributed by atoms with Crippen molar-refractivity contribution in [1.82, 2.24) is 4.90 Å². The van der Waals surface area contributed by atoms with Crippen molar-refractivity contribution < 1.29 is 4.79 Å². The average Bonchev–Trinajstić information content (AvgIpc) is 2.63. The Labute approximate surface area is 140 Å². The number of rotatable bonds is 3. The lowest BCUT2D eigenvalue weighted by Gasteiger charge is -2.36. The van der Waals surface area contributed by atoms with Crippen molar-refractivity contribution >= 4 is 17.3 Å². The van der Waals surface area contributed by atoms with Gasteiger partial charge in [-0.2, -0.15) is 0 Å². The molecule has 2 aromatic rings. The molecule has 2 aromatic carbocycles. The third kappa shape index (κ3) is 3.50. The lowest BCUT2D eigenvalue weighted by molar-refractivity contribution is 0.0747. The maximum Gasteiger partial charge on any atom is 0.253 e. The molecule has 6 nitrogen and oxygen atoms in total. The average molecular weight is 321 g/mol. The summed E-state index contributed by atoms with van der Waals surface area (Å²) in [5, 5.41) is 3.58. The Bertz CT molecular complexity index is 755. The fraction of sp³-hybridized carbons (Fsp3) is 0.278. The van der Waals surface area contributed by atoms with Gasteiger partial charge in [0.15, 0.2) is 0 Å². The predicted octanol–water partition coefficient (Wildman–Crippen LogP) is 3.90. The molecule has 1 aliphatic rings. The summed E-state index contributed by atoms with van der Waals surface area (Å²) in [5.41, 5.74) is 12.0. The molecule has 1 saturated heterocycles. The summed E-state index contributed by atoms with van der Waals surface area (Å²) in [6.07, 6.45) is 0. The van der Waals surface area contributed by atoms with E-state index in [1.807, 2.05) is 48.2 Å². The van der Waals surface area contributed by atoms with E-state index in [4.69, 9.17) is 5.53 Å². The predicted molar refractivity (Wildman–Crippen MR) is 94.5 cm³/mol. The molecule has 0 aliphatic carbocycles. The third-order valence-electron chi connectivity index (χ3n) is 4.24. The number of azide groups is 1. The molecule has 1 aliphatic heterocycles. The Kier molecular flexibility index (Phi) is 4.68. The first-order chi connectivity index (χ1) is 11.7. The highest BCUT2D eigenvalue weighted by Gasteiger charge is 2.22. The number of aryl methyl sites for hydroxylation is 1. The van der Waals surface area contributed by atoms with Crippen molar-refractivity contribution in [2.45, 2.75) is 6.92 Å². The van der Waals surface area contributed by atoms with Crippen molar-refractivity contribution in [3.05, 3.63) is 70.1 Å². The molecule has 0 bridgehead atoms. The molecule has 0 N–H and O–H groups in total. The van der Waals surface area contributed by atoms with Gasteiger partial charge in [0.1, 0.15) is 0 Å². The molecule has 1 fully saturated rings. The van der Waals surface area contributed by atoms with Crippen molar-refractivity contribution in [3.63, 3.8) is 0 Å². The molecule has 3 rings (SSSR count). The van der Waals surface area contributed by atoms with Crippen LogP contribution in [0.5, 0.6) is 0 Å². The van der Waals surface area contributed by atoms with E-state index in [2.05, 4.69) is 14.9 Å². The van der Waals surface area contributed by atoms with Gasteiger partial charge in [0.2, 0.25) is 0 Å². The van der Waals surface area contributed by atoms with E-state index in [-0.39, 0.29) is 5.91 Å². The molecule has 0 aromatic heterocycles. The van der Waals surface area contributed by atoms with Gasteiger partial charge < -0.3 is 9.80 Å². The first-order valence-electron chi connectivity index (χ1n) is 7.93. The maximum atomic E-state index is 12.5. The molecule has 0 saturated carbocycles. The fourth-order valence-electron chi connectivity index (χ4n) is 2.83. The van der Waals surface area contributed by atoms with Crippen LogP contribution in [0.25, 0.3) is 10.4 Å². The van der Waals surface area contributed by atoms with Crippen LogP contribution in [0.4, 0.5) is 11.4 Å². The molecular formula is C18H19N5O. The van der Waals surface area contributed by atoms with Gasteiger partial charge in [-0.3, -0.25) is 4.79 Å². The van der Waals surface area contributed by atoms with Crippen LogP contribution in [0.3, 0.4) is 0 Å². The second-order valence-electron chi connectivity index (χ2n) is 5.85. The fourth-order valence-corrected chi connectivity index (χ4v) is 2.83. The normalized spacial score (nSPS) is 14.2.